The monoisotopic (exact) mass is 136 g/mol. The van der Waals surface area contributed by atoms with Crippen LogP contribution in [0, 0.1) is 0 Å². The Kier molecular flexibility index (Phi) is 2.36. The van der Waals surface area contributed by atoms with Gasteiger partial charge in [0.05, 0.1) is 6.04 Å². The van der Waals surface area contributed by atoms with E-state index >= 15 is 0 Å². The quantitative estimate of drug-likeness (QED) is 0.522. The number of nitrogens with one attached hydrogen (secondary N) is 2. The first-order valence-electron chi connectivity index (χ1n) is 3.03. The van der Waals surface area contributed by atoms with Crippen LogP contribution in [0.15, 0.2) is 0 Å². The topological polar surface area (TPSA) is 24.1 Å². The van der Waals surface area contributed by atoms with Gasteiger partial charge in [-0.25, -0.2) is 8.78 Å². The van der Waals surface area contributed by atoms with Gasteiger partial charge in [0.25, 0.3) is 6.43 Å². The fourth-order valence-corrected chi connectivity index (χ4v) is 0.854. The van der Waals surface area contributed by atoms with Gasteiger partial charge >= 0.3 is 0 Å². The molecule has 0 aromatic rings. The van der Waals surface area contributed by atoms with E-state index < -0.39 is 12.5 Å². The maximum Gasteiger partial charge on any atom is 0.254 e. The van der Waals surface area contributed by atoms with Crippen molar-refractivity contribution >= 4 is 0 Å². The van der Waals surface area contributed by atoms with Crippen LogP contribution in [-0.2, 0) is 0 Å². The molecule has 1 rings (SSSR count). The van der Waals surface area contributed by atoms with Crippen LogP contribution < -0.4 is 10.6 Å². The van der Waals surface area contributed by atoms with Crippen molar-refractivity contribution in [1.82, 2.24) is 10.6 Å². The molecule has 1 heterocycles. The molecule has 0 amide bonds. The zero-order valence-corrected chi connectivity index (χ0v) is 5.03. The molecule has 9 heavy (non-hydrogen) atoms. The molecule has 1 aliphatic rings. The number of piperazine rings is 1. The van der Waals surface area contributed by atoms with E-state index in [0.717, 1.165) is 6.54 Å². The summed E-state index contributed by atoms with van der Waals surface area (Å²) in [6.45, 7) is 1.83. The highest BCUT2D eigenvalue weighted by Crippen LogP contribution is 2.00. The van der Waals surface area contributed by atoms with E-state index in [1.165, 1.54) is 0 Å². The van der Waals surface area contributed by atoms with Crippen molar-refractivity contribution in [3.05, 3.63) is 0 Å². The molecule has 4 heteroatoms. The van der Waals surface area contributed by atoms with Gasteiger partial charge in [-0.2, -0.15) is 0 Å². The highest BCUT2D eigenvalue weighted by Gasteiger charge is 2.20. The second kappa shape index (κ2) is 3.08. The van der Waals surface area contributed by atoms with Gasteiger partial charge in [0.1, 0.15) is 0 Å². The normalized spacial score (nSPS) is 29.0. The number of hydrogen-bond acceptors (Lipinski definition) is 2. The van der Waals surface area contributed by atoms with E-state index in [1.807, 2.05) is 0 Å². The lowest BCUT2D eigenvalue weighted by Gasteiger charge is -2.23. The van der Waals surface area contributed by atoms with Gasteiger partial charge in [0.2, 0.25) is 0 Å². The summed E-state index contributed by atoms with van der Waals surface area (Å²) in [6, 6.07) is -0.640. The molecule has 1 unspecified atom stereocenters. The van der Waals surface area contributed by atoms with E-state index in [-0.39, 0.29) is 0 Å². The SMILES string of the molecule is FC(F)C1CNCCN1. The van der Waals surface area contributed by atoms with Crippen molar-refractivity contribution in [2.75, 3.05) is 19.6 Å². The molecule has 2 N–H and O–H groups in total. The van der Waals surface area contributed by atoms with Crippen molar-refractivity contribution in [3.8, 4) is 0 Å². The minimum Gasteiger partial charge on any atom is -0.314 e. The van der Waals surface area contributed by atoms with Crippen molar-refractivity contribution in [3.63, 3.8) is 0 Å². The standard InChI is InChI=1S/C5H10F2N2/c6-5(7)4-3-8-1-2-9-4/h4-5,8-9H,1-3H2. The van der Waals surface area contributed by atoms with Gasteiger partial charge in [-0.15, -0.1) is 0 Å². The largest absolute Gasteiger partial charge is 0.314 e. The average molecular weight is 136 g/mol. The van der Waals surface area contributed by atoms with Gasteiger partial charge in [-0.1, -0.05) is 0 Å². The van der Waals surface area contributed by atoms with E-state index in [2.05, 4.69) is 10.6 Å². The molecule has 0 aromatic carbocycles. The summed E-state index contributed by atoms with van der Waals surface area (Å²) < 4.78 is 23.6. The lowest BCUT2D eigenvalue weighted by molar-refractivity contribution is 0.0911. The Labute approximate surface area is 52.6 Å². The summed E-state index contributed by atoms with van der Waals surface area (Å²) >= 11 is 0. The fourth-order valence-electron chi connectivity index (χ4n) is 0.854. The van der Waals surface area contributed by atoms with Crippen LogP contribution in [-0.4, -0.2) is 32.1 Å². The van der Waals surface area contributed by atoms with Crippen LogP contribution in [0.1, 0.15) is 0 Å². The minimum atomic E-state index is -2.24. The molecule has 0 aliphatic carbocycles. The van der Waals surface area contributed by atoms with Gasteiger partial charge in [-0.3, -0.25) is 0 Å². The Morgan fingerprint density at radius 3 is 2.44 bits per heavy atom. The second-order valence-electron chi connectivity index (χ2n) is 2.10. The molecule has 0 aromatic heterocycles. The number of rotatable bonds is 1. The summed E-state index contributed by atoms with van der Waals surface area (Å²) in [5, 5.41) is 5.58. The Bertz CT molecular complexity index is 81.0. The van der Waals surface area contributed by atoms with Gasteiger partial charge in [-0.05, 0) is 0 Å². The lowest BCUT2D eigenvalue weighted by atomic mass is 10.2. The van der Waals surface area contributed by atoms with Crippen LogP contribution in [0.3, 0.4) is 0 Å². The summed E-state index contributed by atoms with van der Waals surface area (Å²) in [5.74, 6) is 0. The lowest BCUT2D eigenvalue weighted by Crippen LogP contribution is -2.51. The highest BCUT2D eigenvalue weighted by molar-refractivity contribution is 4.76. The van der Waals surface area contributed by atoms with Crippen LogP contribution in [0.25, 0.3) is 0 Å². The van der Waals surface area contributed by atoms with E-state index in [0.29, 0.717) is 13.1 Å². The van der Waals surface area contributed by atoms with Crippen LogP contribution in [0.5, 0.6) is 0 Å². The number of alkyl halides is 2. The van der Waals surface area contributed by atoms with Gasteiger partial charge in [0.15, 0.2) is 0 Å². The first-order chi connectivity index (χ1) is 4.30. The van der Waals surface area contributed by atoms with E-state index in [1.54, 1.807) is 0 Å². The summed E-state index contributed by atoms with van der Waals surface area (Å²) in [6.07, 6.45) is -2.24. The van der Waals surface area contributed by atoms with Crippen LogP contribution in [0.2, 0.25) is 0 Å². The molecule has 0 bridgehead atoms. The maximum absolute atomic E-state index is 11.8. The molecule has 2 nitrogen and oxygen atoms in total. The molecule has 1 aliphatic heterocycles. The Hall–Kier alpha value is -0.220. The molecule has 1 fully saturated rings. The zero-order chi connectivity index (χ0) is 6.69. The van der Waals surface area contributed by atoms with Crippen molar-refractivity contribution in [1.29, 1.82) is 0 Å². The third-order valence-electron chi connectivity index (χ3n) is 1.38. The third-order valence-corrected chi connectivity index (χ3v) is 1.38. The smallest absolute Gasteiger partial charge is 0.254 e. The molecular weight excluding hydrogens is 126 g/mol. The predicted octanol–water partition coefficient (Wildman–Crippen LogP) is -0.187. The first kappa shape index (κ1) is 6.89. The molecule has 0 spiro atoms. The van der Waals surface area contributed by atoms with E-state index in [4.69, 9.17) is 0 Å². The summed E-state index contributed by atoms with van der Waals surface area (Å²) in [5.41, 5.74) is 0. The average Bonchev–Trinajstić information content (AvgIpc) is 1.90. The number of hydrogen-bond donors (Lipinski definition) is 2. The van der Waals surface area contributed by atoms with Gasteiger partial charge < -0.3 is 10.6 Å². The third kappa shape index (κ3) is 1.87. The zero-order valence-electron chi connectivity index (χ0n) is 5.03. The molecule has 54 valence electrons. The van der Waals surface area contributed by atoms with Gasteiger partial charge in [0, 0.05) is 19.6 Å². The maximum atomic E-state index is 11.8. The summed E-state index contributed by atoms with van der Waals surface area (Å²) in [7, 11) is 0. The minimum absolute atomic E-state index is 0.387. The first-order valence-corrected chi connectivity index (χ1v) is 3.03. The summed E-state index contributed by atoms with van der Waals surface area (Å²) in [4.78, 5) is 0. The van der Waals surface area contributed by atoms with Crippen LogP contribution >= 0.6 is 0 Å². The fraction of sp³-hybridized carbons (Fsp3) is 1.00. The number of halogens is 2. The Morgan fingerprint density at radius 2 is 2.11 bits per heavy atom. The Morgan fingerprint density at radius 1 is 1.33 bits per heavy atom. The molecular formula is C5H10F2N2. The Balaban J connectivity index is 2.23. The van der Waals surface area contributed by atoms with Crippen molar-refractivity contribution < 1.29 is 8.78 Å². The van der Waals surface area contributed by atoms with Crippen molar-refractivity contribution in [2.24, 2.45) is 0 Å². The van der Waals surface area contributed by atoms with E-state index in [9.17, 15) is 8.78 Å². The van der Waals surface area contributed by atoms with Crippen molar-refractivity contribution in [2.45, 2.75) is 12.5 Å². The molecule has 1 saturated heterocycles. The molecule has 0 radical (unpaired) electrons. The second-order valence-corrected chi connectivity index (χ2v) is 2.10. The molecule has 1 atom stereocenters. The molecule has 0 saturated carbocycles. The predicted molar refractivity (Wildman–Crippen MR) is 30.7 cm³/mol. The highest BCUT2D eigenvalue weighted by atomic mass is 19.3. The van der Waals surface area contributed by atoms with Crippen LogP contribution in [0.4, 0.5) is 8.78 Å².